The molecule has 3 aromatic rings. The molecule has 10 heteroatoms. The lowest BCUT2D eigenvalue weighted by Gasteiger charge is -2.28. The lowest BCUT2D eigenvalue weighted by atomic mass is 10.2. The first kappa shape index (κ1) is 19.6. The third-order valence-corrected chi connectivity index (χ3v) is 5.22. The SMILES string of the molecule is CSc1nc(N2CCOCC2)c2cnn(CCNC(=O)c3ccccc3F)c2n1. The summed E-state index contributed by atoms with van der Waals surface area (Å²) < 4.78 is 20.9. The number of morpholine rings is 1. The standard InChI is InChI=1S/C19H21FN6O2S/c1-29-19-23-16(25-8-10-28-11-9-25)14-12-22-26(17(14)24-19)7-6-21-18(27)13-4-2-3-5-15(13)20/h2-5,12H,6-11H2,1H3,(H,21,27). The Labute approximate surface area is 171 Å². The van der Waals surface area contributed by atoms with Crippen molar-refractivity contribution in [2.75, 3.05) is 44.0 Å². The summed E-state index contributed by atoms with van der Waals surface area (Å²) in [6.07, 6.45) is 3.68. The molecule has 1 amide bonds. The van der Waals surface area contributed by atoms with Crippen molar-refractivity contribution in [3.05, 3.63) is 41.8 Å². The summed E-state index contributed by atoms with van der Waals surface area (Å²) in [6.45, 7) is 3.58. The van der Waals surface area contributed by atoms with Crippen LogP contribution in [0.5, 0.6) is 0 Å². The largest absolute Gasteiger partial charge is 0.378 e. The number of carbonyl (C=O) groups excluding carboxylic acids is 1. The van der Waals surface area contributed by atoms with Gasteiger partial charge in [-0.1, -0.05) is 23.9 Å². The number of thioether (sulfide) groups is 1. The zero-order valence-electron chi connectivity index (χ0n) is 16.0. The number of amides is 1. The number of hydrogen-bond donors (Lipinski definition) is 1. The van der Waals surface area contributed by atoms with E-state index in [0.29, 0.717) is 37.1 Å². The summed E-state index contributed by atoms with van der Waals surface area (Å²) in [5.74, 6) is -0.140. The molecule has 0 radical (unpaired) electrons. The Morgan fingerprint density at radius 1 is 1.28 bits per heavy atom. The topological polar surface area (TPSA) is 85.2 Å². The Morgan fingerprint density at radius 3 is 2.83 bits per heavy atom. The molecule has 3 heterocycles. The number of rotatable bonds is 6. The third kappa shape index (κ3) is 4.18. The number of nitrogens with zero attached hydrogens (tertiary/aromatic N) is 5. The van der Waals surface area contributed by atoms with Crippen LogP contribution >= 0.6 is 11.8 Å². The summed E-state index contributed by atoms with van der Waals surface area (Å²) >= 11 is 1.47. The molecule has 8 nitrogen and oxygen atoms in total. The van der Waals surface area contributed by atoms with E-state index in [1.54, 1.807) is 23.0 Å². The van der Waals surface area contributed by atoms with Gasteiger partial charge in [0.05, 0.1) is 36.9 Å². The average Bonchev–Trinajstić information content (AvgIpc) is 3.16. The van der Waals surface area contributed by atoms with Crippen LogP contribution in [0.3, 0.4) is 0 Å². The molecular formula is C19H21FN6O2S. The summed E-state index contributed by atoms with van der Waals surface area (Å²) in [5, 5.41) is 8.70. The Kier molecular flexibility index (Phi) is 5.91. The molecule has 152 valence electrons. The van der Waals surface area contributed by atoms with Crippen LogP contribution in [-0.2, 0) is 11.3 Å². The van der Waals surface area contributed by atoms with Crippen LogP contribution in [-0.4, -0.2) is 64.8 Å². The Balaban J connectivity index is 1.52. The van der Waals surface area contributed by atoms with Gasteiger partial charge in [-0.05, 0) is 18.4 Å². The molecule has 1 aliphatic heterocycles. The first-order valence-corrected chi connectivity index (χ1v) is 10.5. The van der Waals surface area contributed by atoms with E-state index >= 15 is 0 Å². The van der Waals surface area contributed by atoms with E-state index in [2.05, 4.69) is 25.3 Å². The molecule has 4 rings (SSSR count). The number of ether oxygens (including phenoxy) is 1. The van der Waals surface area contributed by atoms with Crippen molar-refractivity contribution < 1.29 is 13.9 Å². The van der Waals surface area contributed by atoms with Crippen molar-refractivity contribution in [3.8, 4) is 0 Å². The lowest BCUT2D eigenvalue weighted by molar-refractivity contribution is 0.0948. The minimum Gasteiger partial charge on any atom is -0.378 e. The molecule has 0 atom stereocenters. The molecular weight excluding hydrogens is 395 g/mol. The fourth-order valence-corrected chi connectivity index (χ4v) is 3.56. The molecule has 0 bridgehead atoms. The Bertz CT molecular complexity index is 1020. The van der Waals surface area contributed by atoms with Crippen LogP contribution in [0.15, 0.2) is 35.6 Å². The van der Waals surface area contributed by atoms with Gasteiger partial charge in [0.15, 0.2) is 10.8 Å². The van der Waals surface area contributed by atoms with Crippen LogP contribution in [0.4, 0.5) is 10.2 Å². The number of benzene rings is 1. The molecule has 0 spiro atoms. The molecule has 1 aromatic carbocycles. The highest BCUT2D eigenvalue weighted by atomic mass is 32.2. The van der Waals surface area contributed by atoms with Crippen molar-refractivity contribution in [2.45, 2.75) is 11.7 Å². The highest BCUT2D eigenvalue weighted by molar-refractivity contribution is 7.98. The predicted octanol–water partition coefficient (Wildman–Crippen LogP) is 1.95. The van der Waals surface area contributed by atoms with Gasteiger partial charge in [0, 0.05) is 19.6 Å². The number of halogens is 1. The average molecular weight is 416 g/mol. The maximum Gasteiger partial charge on any atom is 0.254 e. The van der Waals surface area contributed by atoms with E-state index in [1.807, 2.05) is 6.26 Å². The number of anilines is 1. The summed E-state index contributed by atoms with van der Waals surface area (Å²) in [7, 11) is 0. The van der Waals surface area contributed by atoms with Crippen LogP contribution in [0.25, 0.3) is 11.0 Å². The molecule has 1 saturated heterocycles. The second kappa shape index (κ2) is 8.75. The molecule has 1 N–H and O–H groups in total. The number of carbonyl (C=O) groups is 1. The smallest absolute Gasteiger partial charge is 0.254 e. The monoisotopic (exact) mass is 416 g/mol. The van der Waals surface area contributed by atoms with Gasteiger partial charge in [-0.15, -0.1) is 0 Å². The number of aromatic nitrogens is 4. The van der Waals surface area contributed by atoms with Gasteiger partial charge in [0.1, 0.15) is 11.6 Å². The van der Waals surface area contributed by atoms with E-state index in [-0.39, 0.29) is 5.56 Å². The van der Waals surface area contributed by atoms with Crippen molar-refractivity contribution in [2.24, 2.45) is 0 Å². The fraction of sp³-hybridized carbons (Fsp3) is 0.368. The van der Waals surface area contributed by atoms with E-state index in [9.17, 15) is 9.18 Å². The van der Waals surface area contributed by atoms with Crippen LogP contribution in [0.2, 0.25) is 0 Å². The van der Waals surface area contributed by atoms with Crippen molar-refractivity contribution >= 4 is 34.5 Å². The first-order chi connectivity index (χ1) is 14.2. The third-order valence-electron chi connectivity index (χ3n) is 4.68. The van der Waals surface area contributed by atoms with Gasteiger partial charge in [0.2, 0.25) is 0 Å². The van der Waals surface area contributed by atoms with Crippen molar-refractivity contribution in [3.63, 3.8) is 0 Å². The van der Waals surface area contributed by atoms with Gasteiger partial charge < -0.3 is 15.0 Å². The second-order valence-electron chi connectivity index (χ2n) is 6.47. The highest BCUT2D eigenvalue weighted by Crippen LogP contribution is 2.27. The molecule has 1 aliphatic rings. The molecule has 1 fully saturated rings. The van der Waals surface area contributed by atoms with Crippen LogP contribution < -0.4 is 10.2 Å². The van der Waals surface area contributed by atoms with E-state index in [1.165, 1.54) is 23.9 Å². The zero-order chi connectivity index (χ0) is 20.2. The van der Waals surface area contributed by atoms with E-state index in [4.69, 9.17) is 4.74 Å². The number of nitrogens with one attached hydrogen (secondary N) is 1. The normalized spacial score (nSPS) is 14.3. The van der Waals surface area contributed by atoms with Gasteiger partial charge in [-0.2, -0.15) is 5.10 Å². The summed E-state index contributed by atoms with van der Waals surface area (Å²) in [5.41, 5.74) is 0.741. The van der Waals surface area contributed by atoms with Gasteiger partial charge in [-0.25, -0.2) is 19.0 Å². The maximum absolute atomic E-state index is 13.7. The highest BCUT2D eigenvalue weighted by Gasteiger charge is 2.20. The Morgan fingerprint density at radius 2 is 2.07 bits per heavy atom. The van der Waals surface area contributed by atoms with Gasteiger partial charge >= 0.3 is 0 Å². The van der Waals surface area contributed by atoms with Crippen molar-refractivity contribution in [1.29, 1.82) is 0 Å². The zero-order valence-corrected chi connectivity index (χ0v) is 16.8. The van der Waals surface area contributed by atoms with E-state index in [0.717, 1.165) is 24.3 Å². The maximum atomic E-state index is 13.7. The molecule has 29 heavy (non-hydrogen) atoms. The van der Waals surface area contributed by atoms with Crippen LogP contribution in [0.1, 0.15) is 10.4 Å². The van der Waals surface area contributed by atoms with Gasteiger partial charge in [0.25, 0.3) is 5.91 Å². The lowest BCUT2D eigenvalue weighted by Crippen LogP contribution is -2.37. The summed E-state index contributed by atoms with van der Waals surface area (Å²) in [4.78, 5) is 23.6. The van der Waals surface area contributed by atoms with Crippen LogP contribution in [0, 0.1) is 5.82 Å². The molecule has 0 aliphatic carbocycles. The first-order valence-electron chi connectivity index (χ1n) is 9.30. The molecule has 0 saturated carbocycles. The molecule has 0 unspecified atom stereocenters. The number of fused-ring (bicyclic) bond motifs is 1. The van der Waals surface area contributed by atoms with E-state index < -0.39 is 11.7 Å². The Hall–Kier alpha value is -2.72. The fourth-order valence-electron chi connectivity index (χ4n) is 3.21. The summed E-state index contributed by atoms with van der Waals surface area (Å²) in [6, 6.07) is 5.91. The van der Waals surface area contributed by atoms with Crippen molar-refractivity contribution in [1.82, 2.24) is 25.1 Å². The number of hydrogen-bond acceptors (Lipinski definition) is 7. The molecule has 2 aromatic heterocycles. The van der Waals surface area contributed by atoms with Gasteiger partial charge in [-0.3, -0.25) is 4.79 Å². The predicted molar refractivity (Wildman–Crippen MR) is 109 cm³/mol. The quantitative estimate of drug-likeness (QED) is 0.486. The minimum absolute atomic E-state index is 0.0272. The minimum atomic E-state index is -0.540. The second-order valence-corrected chi connectivity index (χ2v) is 7.25.